The average molecular weight is 296 g/mol. The Morgan fingerprint density at radius 1 is 1.53 bits per heavy atom. The first-order valence-electron chi connectivity index (χ1n) is 5.57. The van der Waals surface area contributed by atoms with Crippen molar-refractivity contribution in [2.45, 2.75) is 19.9 Å². The predicted molar refractivity (Wildman–Crippen MR) is 72.1 cm³/mol. The molecule has 1 aromatic carbocycles. The minimum atomic E-state index is -0.298. The second-order valence-electron chi connectivity index (χ2n) is 3.87. The molecule has 3 nitrogen and oxygen atoms in total. The standard InChI is InChI=1S/C13H14BrNO2/c1-3-17-13(16)15-9(2)4-5-10-8-11(14)6-7-12(10)15/h4-9H,3H2,1-2H3. The summed E-state index contributed by atoms with van der Waals surface area (Å²) in [5.41, 5.74) is 1.91. The van der Waals surface area contributed by atoms with Crippen molar-refractivity contribution in [3.63, 3.8) is 0 Å². The topological polar surface area (TPSA) is 29.5 Å². The van der Waals surface area contributed by atoms with Gasteiger partial charge in [-0.15, -0.1) is 0 Å². The van der Waals surface area contributed by atoms with Gasteiger partial charge in [-0.1, -0.05) is 28.1 Å². The lowest BCUT2D eigenvalue weighted by Crippen LogP contribution is -2.39. The molecule has 0 saturated heterocycles. The van der Waals surface area contributed by atoms with E-state index in [2.05, 4.69) is 15.9 Å². The molecule has 0 spiro atoms. The molecule has 0 radical (unpaired) electrons. The summed E-state index contributed by atoms with van der Waals surface area (Å²) >= 11 is 3.42. The van der Waals surface area contributed by atoms with Gasteiger partial charge in [0, 0.05) is 4.47 Å². The van der Waals surface area contributed by atoms with Gasteiger partial charge in [0.05, 0.1) is 18.3 Å². The molecule has 0 aromatic heterocycles. The minimum absolute atomic E-state index is 0.0164. The highest BCUT2D eigenvalue weighted by molar-refractivity contribution is 9.10. The number of rotatable bonds is 1. The van der Waals surface area contributed by atoms with Crippen molar-refractivity contribution in [1.82, 2.24) is 0 Å². The molecule has 0 saturated carbocycles. The summed E-state index contributed by atoms with van der Waals surface area (Å²) in [6.07, 6.45) is 3.72. The number of hydrogen-bond acceptors (Lipinski definition) is 2. The molecule has 4 heteroatoms. The molecule has 1 aromatic rings. The van der Waals surface area contributed by atoms with E-state index >= 15 is 0 Å². The lowest BCUT2D eigenvalue weighted by molar-refractivity contribution is 0.158. The van der Waals surface area contributed by atoms with Gasteiger partial charge in [0.25, 0.3) is 0 Å². The Hall–Kier alpha value is -1.29. The molecule has 1 amide bonds. The van der Waals surface area contributed by atoms with E-state index in [9.17, 15) is 4.79 Å². The van der Waals surface area contributed by atoms with Crippen molar-refractivity contribution in [3.8, 4) is 0 Å². The van der Waals surface area contributed by atoms with Gasteiger partial charge in [-0.2, -0.15) is 0 Å². The summed E-state index contributed by atoms with van der Waals surface area (Å²) in [6, 6.07) is 5.86. The molecule has 17 heavy (non-hydrogen) atoms. The van der Waals surface area contributed by atoms with Crippen LogP contribution in [0.2, 0.25) is 0 Å². The summed E-state index contributed by atoms with van der Waals surface area (Å²) in [6.45, 7) is 4.17. The van der Waals surface area contributed by atoms with Gasteiger partial charge in [0.2, 0.25) is 0 Å². The summed E-state index contributed by atoms with van der Waals surface area (Å²) in [5, 5.41) is 0. The molecular weight excluding hydrogens is 282 g/mol. The van der Waals surface area contributed by atoms with Crippen LogP contribution in [0.3, 0.4) is 0 Å². The molecule has 1 atom stereocenters. The van der Waals surface area contributed by atoms with Crippen molar-refractivity contribution < 1.29 is 9.53 Å². The Bertz CT molecular complexity index is 470. The van der Waals surface area contributed by atoms with Crippen LogP contribution in [0.5, 0.6) is 0 Å². The van der Waals surface area contributed by atoms with Gasteiger partial charge in [0.1, 0.15) is 0 Å². The van der Waals surface area contributed by atoms with Crippen molar-refractivity contribution in [3.05, 3.63) is 34.3 Å². The fourth-order valence-electron chi connectivity index (χ4n) is 1.88. The number of anilines is 1. The lowest BCUT2D eigenvalue weighted by atomic mass is 10.0. The van der Waals surface area contributed by atoms with E-state index in [-0.39, 0.29) is 12.1 Å². The number of nitrogens with zero attached hydrogens (tertiary/aromatic N) is 1. The highest BCUT2D eigenvalue weighted by atomic mass is 79.9. The number of carbonyl (C=O) groups is 1. The van der Waals surface area contributed by atoms with Crippen LogP contribution in [0.15, 0.2) is 28.7 Å². The predicted octanol–water partition coefficient (Wildman–Crippen LogP) is 3.83. The molecular formula is C13H14BrNO2. The Morgan fingerprint density at radius 2 is 2.29 bits per heavy atom. The summed E-state index contributed by atoms with van der Waals surface area (Å²) in [7, 11) is 0. The highest BCUT2D eigenvalue weighted by Gasteiger charge is 2.26. The summed E-state index contributed by atoms with van der Waals surface area (Å²) < 4.78 is 6.08. The van der Waals surface area contributed by atoms with Crippen LogP contribution >= 0.6 is 15.9 Å². The van der Waals surface area contributed by atoms with Crippen molar-refractivity contribution in [1.29, 1.82) is 0 Å². The highest BCUT2D eigenvalue weighted by Crippen LogP contribution is 2.31. The monoisotopic (exact) mass is 295 g/mol. The molecule has 1 unspecified atom stereocenters. The van der Waals surface area contributed by atoms with Gasteiger partial charge < -0.3 is 4.74 Å². The van der Waals surface area contributed by atoms with Gasteiger partial charge in [-0.05, 0) is 37.6 Å². The quantitative estimate of drug-likeness (QED) is 0.788. The molecule has 1 heterocycles. The van der Waals surface area contributed by atoms with Gasteiger partial charge in [-0.25, -0.2) is 4.79 Å². The number of ether oxygens (including phenoxy) is 1. The number of halogens is 1. The van der Waals surface area contributed by atoms with Crippen LogP contribution < -0.4 is 4.90 Å². The Morgan fingerprint density at radius 3 is 3.00 bits per heavy atom. The third-order valence-corrected chi connectivity index (χ3v) is 3.17. The van der Waals surface area contributed by atoms with Gasteiger partial charge in [0.15, 0.2) is 0 Å². The third-order valence-electron chi connectivity index (χ3n) is 2.68. The van der Waals surface area contributed by atoms with Crippen LogP contribution in [0, 0.1) is 0 Å². The lowest BCUT2D eigenvalue weighted by Gasteiger charge is -2.30. The van der Waals surface area contributed by atoms with Crippen LogP contribution in [-0.2, 0) is 4.74 Å². The molecule has 0 bridgehead atoms. The SMILES string of the molecule is CCOC(=O)N1c2ccc(Br)cc2C=CC1C. The maximum atomic E-state index is 11.9. The maximum Gasteiger partial charge on any atom is 0.414 e. The number of hydrogen-bond donors (Lipinski definition) is 0. The van der Waals surface area contributed by atoms with E-state index < -0.39 is 0 Å². The van der Waals surface area contributed by atoms with E-state index in [4.69, 9.17) is 4.74 Å². The largest absolute Gasteiger partial charge is 0.449 e. The van der Waals surface area contributed by atoms with Crippen LogP contribution in [-0.4, -0.2) is 18.7 Å². The van der Waals surface area contributed by atoms with Crippen molar-refractivity contribution in [2.75, 3.05) is 11.5 Å². The smallest absolute Gasteiger partial charge is 0.414 e. The molecule has 90 valence electrons. The fourth-order valence-corrected chi connectivity index (χ4v) is 2.26. The van der Waals surface area contributed by atoms with Gasteiger partial charge in [-0.3, -0.25) is 4.90 Å². The Labute approximate surface area is 109 Å². The third kappa shape index (κ3) is 2.36. The number of carbonyl (C=O) groups excluding carboxylic acids is 1. The van der Waals surface area contributed by atoms with Crippen LogP contribution in [0.4, 0.5) is 10.5 Å². The van der Waals surface area contributed by atoms with E-state index in [1.54, 1.807) is 4.90 Å². The molecule has 1 aliphatic rings. The van der Waals surface area contributed by atoms with E-state index in [0.29, 0.717) is 6.61 Å². The normalized spacial score (nSPS) is 17.8. The maximum absolute atomic E-state index is 11.9. The molecule has 1 aliphatic heterocycles. The van der Waals surface area contributed by atoms with Gasteiger partial charge >= 0.3 is 6.09 Å². The molecule has 0 N–H and O–H groups in total. The molecule has 0 aliphatic carbocycles. The number of benzene rings is 1. The first-order chi connectivity index (χ1) is 8.13. The van der Waals surface area contributed by atoms with Crippen LogP contribution in [0.1, 0.15) is 19.4 Å². The number of fused-ring (bicyclic) bond motifs is 1. The van der Waals surface area contributed by atoms with Crippen LogP contribution in [0.25, 0.3) is 6.08 Å². The van der Waals surface area contributed by atoms with E-state index in [1.807, 2.05) is 44.2 Å². The zero-order valence-corrected chi connectivity index (χ0v) is 11.4. The van der Waals surface area contributed by atoms with E-state index in [0.717, 1.165) is 15.7 Å². The number of amides is 1. The minimum Gasteiger partial charge on any atom is -0.449 e. The van der Waals surface area contributed by atoms with E-state index in [1.165, 1.54) is 0 Å². The Balaban J connectivity index is 2.41. The average Bonchev–Trinajstić information content (AvgIpc) is 2.29. The fraction of sp³-hybridized carbons (Fsp3) is 0.308. The van der Waals surface area contributed by atoms with Crippen molar-refractivity contribution in [2.24, 2.45) is 0 Å². The first-order valence-corrected chi connectivity index (χ1v) is 6.36. The second kappa shape index (κ2) is 4.92. The second-order valence-corrected chi connectivity index (χ2v) is 4.79. The first kappa shape index (κ1) is 12.2. The molecule has 2 rings (SSSR count). The summed E-state index contributed by atoms with van der Waals surface area (Å²) in [4.78, 5) is 13.6. The zero-order valence-electron chi connectivity index (χ0n) is 9.81. The van der Waals surface area contributed by atoms with Crippen molar-refractivity contribution >= 4 is 33.8 Å². The summed E-state index contributed by atoms with van der Waals surface area (Å²) in [5.74, 6) is 0. The molecule has 0 fully saturated rings. The Kier molecular flexibility index (Phi) is 3.52. The zero-order chi connectivity index (χ0) is 12.4.